The lowest BCUT2D eigenvalue weighted by molar-refractivity contribution is -0.118. The van der Waals surface area contributed by atoms with Crippen molar-refractivity contribution in [2.75, 3.05) is 18.7 Å². The standard InChI is InChI=1S/C24H17N5O4S/c30-23(13-31-17-6-8-19-20(12-17)33-14-32-19)25-16-4-1-3-15(11-16)18-7-9-22-26-27-24(29(22)28-18)21-5-2-10-34-21/h1-12H,13-14H2,(H,25,30). The summed E-state index contributed by atoms with van der Waals surface area (Å²) in [6.45, 7) is 0.0447. The van der Waals surface area contributed by atoms with Crippen LogP contribution in [-0.4, -0.2) is 39.1 Å². The van der Waals surface area contributed by atoms with Crippen LogP contribution >= 0.6 is 11.3 Å². The maximum absolute atomic E-state index is 12.5. The molecular formula is C24H17N5O4S. The van der Waals surface area contributed by atoms with E-state index in [4.69, 9.17) is 19.3 Å². The van der Waals surface area contributed by atoms with Crippen LogP contribution in [0.3, 0.4) is 0 Å². The molecule has 5 aromatic rings. The fraction of sp³-hybridized carbons (Fsp3) is 0.0833. The summed E-state index contributed by atoms with van der Waals surface area (Å²) < 4.78 is 17.9. The summed E-state index contributed by atoms with van der Waals surface area (Å²) in [4.78, 5) is 13.4. The summed E-state index contributed by atoms with van der Waals surface area (Å²) in [6, 6.07) is 20.4. The number of carbonyl (C=O) groups excluding carboxylic acids is 1. The predicted octanol–water partition coefficient (Wildman–Crippen LogP) is 4.27. The highest BCUT2D eigenvalue weighted by atomic mass is 32.1. The van der Waals surface area contributed by atoms with Crippen LogP contribution in [0, 0.1) is 0 Å². The first kappa shape index (κ1) is 20.2. The highest BCUT2D eigenvalue weighted by Crippen LogP contribution is 2.35. The van der Waals surface area contributed by atoms with Crippen molar-refractivity contribution in [1.29, 1.82) is 0 Å². The molecule has 0 atom stereocenters. The minimum Gasteiger partial charge on any atom is -0.484 e. The summed E-state index contributed by atoms with van der Waals surface area (Å²) in [5.74, 6) is 2.20. The molecule has 2 aromatic carbocycles. The minimum atomic E-state index is -0.281. The lowest BCUT2D eigenvalue weighted by Crippen LogP contribution is -2.20. The molecule has 6 rings (SSSR count). The van der Waals surface area contributed by atoms with Gasteiger partial charge in [-0.1, -0.05) is 18.2 Å². The first-order valence-electron chi connectivity index (χ1n) is 10.4. The van der Waals surface area contributed by atoms with Crippen molar-refractivity contribution in [2.45, 2.75) is 0 Å². The Kier molecular flexibility index (Phi) is 5.04. The van der Waals surface area contributed by atoms with Gasteiger partial charge in [-0.15, -0.1) is 21.5 Å². The van der Waals surface area contributed by atoms with Crippen molar-refractivity contribution in [3.8, 4) is 39.2 Å². The summed E-state index contributed by atoms with van der Waals surface area (Å²) in [7, 11) is 0. The van der Waals surface area contributed by atoms with Crippen LogP contribution < -0.4 is 19.5 Å². The van der Waals surface area contributed by atoms with Crippen LogP contribution in [0.4, 0.5) is 5.69 Å². The van der Waals surface area contributed by atoms with Crippen molar-refractivity contribution in [3.63, 3.8) is 0 Å². The molecule has 4 heterocycles. The van der Waals surface area contributed by atoms with E-state index in [2.05, 4.69) is 15.5 Å². The Morgan fingerprint density at radius 3 is 2.88 bits per heavy atom. The maximum atomic E-state index is 12.5. The molecule has 0 spiro atoms. The number of rotatable bonds is 6. The van der Waals surface area contributed by atoms with Gasteiger partial charge in [0.2, 0.25) is 6.79 Å². The van der Waals surface area contributed by atoms with Gasteiger partial charge < -0.3 is 19.5 Å². The monoisotopic (exact) mass is 471 g/mol. The molecule has 1 N–H and O–H groups in total. The first-order chi connectivity index (χ1) is 16.7. The molecule has 0 radical (unpaired) electrons. The number of aromatic nitrogens is 4. The van der Waals surface area contributed by atoms with E-state index >= 15 is 0 Å². The number of anilines is 1. The van der Waals surface area contributed by atoms with Crippen molar-refractivity contribution in [2.24, 2.45) is 0 Å². The summed E-state index contributed by atoms with van der Waals surface area (Å²) in [5, 5.41) is 18.0. The molecular weight excluding hydrogens is 454 g/mol. The van der Waals surface area contributed by atoms with Crippen molar-refractivity contribution < 1.29 is 19.0 Å². The molecule has 10 heteroatoms. The largest absolute Gasteiger partial charge is 0.484 e. The fourth-order valence-electron chi connectivity index (χ4n) is 3.57. The second kappa shape index (κ2) is 8.49. The van der Waals surface area contributed by atoms with Gasteiger partial charge in [0.15, 0.2) is 29.6 Å². The van der Waals surface area contributed by atoms with Gasteiger partial charge in [-0.2, -0.15) is 9.61 Å². The second-order valence-electron chi connectivity index (χ2n) is 7.42. The van der Waals surface area contributed by atoms with Gasteiger partial charge in [-0.3, -0.25) is 4.79 Å². The van der Waals surface area contributed by atoms with Gasteiger partial charge >= 0.3 is 0 Å². The Hall–Kier alpha value is -4.44. The van der Waals surface area contributed by atoms with Crippen LogP contribution in [0.1, 0.15) is 0 Å². The quantitative estimate of drug-likeness (QED) is 0.395. The SMILES string of the molecule is O=C(COc1ccc2c(c1)OCO2)Nc1cccc(-c2ccc3nnc(-c4cccs4)n3n2)c1. The minimum absolute atomic E-state index is 0.140. The predicted molar refractivity (Wildman–Crippen MR) is 126 cm³/mol. The summed E-state index contributed by atoms with van der Waals surface area (Å²) >= 11 is 1.58. The first-order valence-corrected chi connectivity index (χ1v) is 11.3. The van der Waals surface area contributed by atoms with E-state index in [1.807, 2.05) is 53.9 Å². The van der Waals surface area contributed by atoms with E-state index in [9.17, 15) is 4.79 Å². The zero-order valence-electron chi connectivity index (χ0n) is 17.7. The highest BCUT2D eigenvalue weighted by molar-refractivity contribution is 7.13. The van der Waals surface area contributed by atoms with Crippen LogP contribution in [0.2, 0.25) is 0 Å². The lowest BCUT2D eigenvalue weighted by atomic mass is 10.1. The molecule has 168 valence electrons. The molecule has 0 unspecified atom stereocenters. The highest BCUT2D eigenvalue weighted by Gasteiger charge is 2.15. The number of nitrogens with zero attached hydrogens (tertiary/aromatic N) is 4. The van der Waals surface area contributed by atoms with Crippen molar-refractivity contribution in [1.82, 2.24) is 19.8 Å². The van der Waals surface area contributed by atoms with Crippen LogP contribution in [0.5, 0.6) is 17.2 Å². The Morgan fingerprint density at radius 1 is 1.03 bits per heavy atom. The molecule has 1 aliphatic heterocycles. The Balaban J connectivity index is 1.17. The van der Waals surface area contributed by atoms with E-state index in [-0.39, 0.29) is 19.3 Å². The van der Waals surface area contributed by atoms with Crippen LogP contribution in [0.15, 0.2) is 72.1 Å². The average molecular weight is 471 g/mol. The van der Waals surface area contributed by atoms with Crippen LogP contribution in [0.25, 0.3) is 27.6 Å². The average Bonchev–Trinajstić information content (AvgIpc) is 3.62. The molecule has 1 aliphatic rings. The van der Waals surface area contributed by atoms with Gasteiger partial charge in [0.1, 0.15) is 5.75 Å². The number of nitrogens with one attached hydrogen (secondary N) is 1. The third-order valence-electron chi connectivity index (χ3n) is 5.16. The Labute approximate surface area is 197 Å². The second-order valence-corrected chi connectivity index (χ2v) is 8.37. The number of carbonyl (C=O) groups is 1. The number of thiophene rings is 1. The number of ether oxygens (including phenoxy) is 3. The molecule has 1 amide bonds. The topological polar surface area (TPSA) is 99.9 Å². The zero-order valence-corrected chi connectivity index (χ0v) is 18.5. The molecule has 0 aliphatic carbocycles. The van der Waals surface area contributed by atoms with Crippen LogP contribution in [-0.2, 0) is 4.79 Å². The molecule has 0 fully saturated rings. The normalized spacial score (nSPS) is 12.1. The maximum Gasteiger partial charge on any atom is 0.262 e. The van der Waals surface area contributed by atoms with Gasteiger partial charge in [-0.05, 0) is 47.8 Å². The summed E-state index contributed by atoms with van der Waals surface area (Å²) in [5.41, 5.74) is 2.89. The molecule has 0 saturated carbocycles. The van der Waals surface area contributed by atoms with E-state index in [0.29, 0.717) is 34.4 Å². The van der Waals surface area contributed by atoms with Crippen molar-refractivity contribution in [3.05, 3.63) is 72.1 Å². The van der Waals surface area contributed by atoms with E-state index in [0.717, 1.165) is 16.1 Å². The van der Waals surface area contributed by atoms with Gasteiger partial charge in [0, 0.05) is 17.3 Å². The number of fused-ring (bicyclic) bond motifs is 2. The smallest absolute Gasteiger partial charge is 0.262 e. The number of hydrogen-bond donors (Lipinski definition) is 1. The van der Waals surface area contributed by atoms with Gasteiger partial charge in [0.25, 0.3) is 5.91 Å². The third-order valence-corrected chi connectivity index (χ3v) is 6.03. The number of benzene rings is 2. The molecule has 3 aromatic heterocycles. The van der Waals surface area contributed by atoms with E-state index < -0.39 is 0 Å². The number of hydrogen-bond acceptors (Lipinski definition) is 8. The van der Waals surface area contributed by atoms with E-state index in [1.54, 1.807) is 34.1 Å². The molecule has 0 bridgehead atoms. The van der Waals surface area contributed by atoms with Gasteiger partial charge in [0.05, 0.1) is 10.6 Å². The van der Waals surface area contributed by atoms with E-state index in [1.165, 1.54) is 0 Å². The molecule has 34 heavy (non-hydrogen) atoms. The lowest BCUT2D eigenvalue weighted by Gasteiger charge is -2.09. The third kappa shape index (κ3) is 3.90. The fourth-order valence-corrected chi connectivity index (χ4v) is 4.26. The number of amides is 1. The Bertz CT molecular complexity index is 1500. The molecule has 0 saturated heterocycles. The zero-order chi connectivity index (χ0) is 22.9. The Morgan fingerprint density at radius 2 is 1.97 bits per heavy atom. The summed E-state index contributed by atoms with van der Waals surface area (Å²) in [6.07, 6.45) is 0. The molecule has 9 nitrogen and oxygen atoms in total. The van der Waals surface area contributed by atoms with Gasteiger partial charge in [-0.25, -0.2) is 0 Å². The van der Waals surface area contributed by atoms with Crippen molar-refractivity contribution >= 4 is 28.6 Å².